The third-order valence-corrected chi connectivity index (χ3v) is 2.77. The third-order valence-electron chi connectivity index (χ3n) is 1.43. The maximum absolute atomic E-state index is 10.7. The first-order valence-corrected chi connectivity index (χ1v) is 4.97. The topological polar surface area (TPSA) is 50.7 Å². The summed E-state index contributed by atoms with van der Waals surface area (Å²) in [5.41, 5.74) is 2.92. The first kappa shape index (κ1) is 11.0. The number of carbonyl (C=O) groups excluding carboxylic acids is 1. The van der Waals surface area contributed by atoms with Crippen LogP contribution in [0.4, 0.5) is 4.79 Å². The molecule has 0 atom stereocenters. The van der Waals surface area contributed by atoms with Crippen molar-refractivity contribution in [1.29, 1.82) is 0 Å². The summed E-state index contributed by atoms with van der Waals surface area (Å²) in [4.78, 5) is 11.6. The van der Waals surface area contributed by atoms with E-state index >= 15 is 0 Å². The van der Waals surface area contributed by atoms with E-state index in [0.717, 1.165) is 4.88 Å². The van der Waals surface area contributed by atoms with Gasteiger partial charge in [-0.3, -0.25) is 0 Å². The van der Waals surface area contributed by atoms with E-state index < -0.39 is 6.09 Å². The molecule has 0 saturated carbocycles. The second kappa shape index (κ2) is 4.97. The number of amides is 1. The van der Waals surface area contributed by atoms with Crippen molar-refractivity contribution >= 4 is 34.7 Å². The van der Waals surface area contributed by atoms with Gasteiger partial charge in [0.05, 0.1) is 22.0 Å². The fourth-order valence-corrected chi connectivity index (χ4v) is 1.73. The van der Waals surface area contributed by atoms with Gasteiger partial charge in [0.15, 0.2) is 0 Å². The van der Waals surface area contributed by atoms with Crippen molar-refractivity contribution in [3.63, 3.8) is 0 Å². The smallest absolute Gasteiger partial charge is 0.427 e. The lowest BCUT2D eigenvalue weighted by atomic mass is 10.3. The van der Waals surface area contributed by atoms with Crippen molar-refractivity contribution < 1.29 is 9.53 Å². The summed E-state index contributed by atoms with van der Waals surface area (Å²) < 4.78 is 5.05. The number of thiophene rings is 1. The lowest BCUT2D eigenvalue weighted by Gasteiger charge is -1.98. The number of hydrogen-bond donors (Lipinski definition) is 1. The Hall–Kier alpha value is -1.07. The first-order valence-electron chi connectivity index (χ1n) is 3.77. The number of nitrogens with one attached hydrogen (secondary N) is 1. The minimum absolute atomic E-state index is 0.591. The van der Waals surface area contributed by atoms with Gasteiger partial charge in [-0.15, -0.1) is 11.3 Å². The fraction of sp³-hybridized carbons (Fsp3) is 0.250. The van der Waals surface area contributed by atoms with E-state index in [-0.39, 0.29) is 0 Å². The molecule has 76 valence electrons. The van der Waals surface area contributed by atoms with Crippen LogP contribution in [0.1, 0.15) is 11.8 Å². The average molecular weight is 233 g/mol. The molecule has 0 unspecified atom stereocenters. The largest absolute Gasteiger partial charge is 0.452 e. The standard InChI is InChI=1S/C8H9ClN2O2S/c1-5(10-11-8(12)13-2)6-3-4-7(9)14-6/h3-4H,1-2H3,(H,11,12). The minimum atomic E-state index is -0.591. The Morgan fingerprint density at radius 3 is 2.86 bits per heavy atom. The molecule has 1 rings (SSSR count). The molecule has 0 aliphatic carbocycles. The number of hydrogen-bond acceptors (Lipinski definition) is 4. The summed E-state index contributed by atoms with van der Waals surface area (Å²) in [7, 11) is 1.28. The van der Waals surface area contributed by atoms with E-state index in [9.17, 15) is 4.79 Å². The number of ether oxygens (including phenoxy) is 1. The van der Waals surface area contributed by atoms with Crippen LogP contribution in [-0.2, 0) is 4.74 Å². The Morgan fingerprint density at radius 2 is 2.36 bits per heavy atom. The summed E-state index contributed by atoms with van der Waals surface area (Å²) in [6, 6.07) is 3.61. The molecule has 0 fully saturated rings. The second-order valence-corrected chi connectivity index (χ2v) is 4.12. The van der Waals surface area contributed by atoms with Crippen molar-refractivity contribution in [2.24, 2.45) is 5.10 Å². The van der Waals surface area contributed by atoms with Crippen LogP contribution in [0.25, 0.3) is 0 Å². The fourth-order valence-electron chi connectivity index (χ4n) is 0.739. The van der Waals surface area contributed by atoms with E-state index in [1.807, 2.05) is 6.07 Å². The molecule has 0 spiro atoms. The summed E-state index contributed by atoms with van der Waals surface area (Å²) in [6.45, 7) is 1.78. The van der Waals surface area contributed by atoms with Crippen LogP contribution in [0.2, 0.25) is 4.34 Å². The highest BCUT2D eigenvalue weighted by atomic mass is 35.5. The molecule has 1 aromatic rings. The van der Waals surface area contributed by atoms with Gasteiger partial charge in [0.2, 0.25) is 0 Å². The van der Waals surface area contributed by atoms with Crippen molar-refractivity contribution in [2.45, 2.75) is 6.92 Å². The monoisotopic (exact) mass is 232 g/mol. The van der Waals surface area contributed by atoms with Crippen LogP contribution in [0.15, 0.2) is 17.2 Å². The highest BCUT2D eigenvalue weighted by Gasteiger charge is 2.02. The summed E-state index contributed by atoms with van der Waals surface area (Å²) >= 11 is 7.14. The Labute approximate surface area is 90.5 Å². The van der Waals surface area contributed by atoms with E-state index in [0.29, 0.717) is 10.0 Å². The van der Waals surface area contributed by atoms with Crippen molar-refractivity contribution in [3.05, 3.63) is 21.3 Å². The molecule has 0 bridgehead atoms. The maximum Gasteiger partial charge on any atom is 0.427 e. The molecule has 0 aliphatic rings. The molecule has 14 heavy (non-hydrogen) atoms. The van der Waals surface area contributed by atoms with Crippen LogP contribution in [0.3, 0.4) is 0 Å². The Balaban J connectivity index is 2.65. The van der Waals surface area contributed by atoms with Gasteiger partial charge in [-0.1, -0.05) is 11.6 Å². The molecule has 1 heterocycles. The zero-order chi connectivity index (χ0) is 10.6. The van der Waals surface area contributed by atoms with Gasteiger partial charge in [0, 0.05) is 0 Å². The maximum atomic E-state index is 10.7. The minimum Gasteiger partial charge on any atom is -0.452 e. The van der Waals surface area contributed by atoms with Crippen LogP contribution >= 0.6 is 22.9 Å². The zero-order valence-corrected chi connectivity index (χ0v) is 9.28. The van der Waals surface area contributed by atoms with Crippen LogP contribution in [-0.4, -0.2) is 18.9 Å². The quantitative estimate of drug-likeness (QED) is 0.629. The Bertz CT molecular complexity index is 362. The summed E-state index contributed by atoms with van der Waals surface area (Å²) in [6.07, 6.45) is -0.591. The van der Waals surface area contributed by atoms with Gasteiger partial charge in [0.25, 0.3) is 0 Å². The van der Waals surface area contributed by atoms with E-state index in [2.05, 4.69) is 15.3 Å². The third kappa shape index (κ3) is 3.01. The highest BCUT2D eigenvalue weighted by molar-refractivity contribution is 7.18. The number of nitrogens with zero attached hydrogens (tertiary/aromatic N) is 1. The number of rotatable bonds is 2. The molecule has 0 radical (unpaired) electrons. The number of halogens is 1. The normalized spacial score (nSPS) is 11.2. The second-order valence-electron chi connectivity index (χ2n) is 2.40. The highest BCUT2D eigenvalue weighted by Crippen LogP contribution is 2.21. The molecule has 0 aliphatic heterocycles. The number of methoxy groups -OCH3 is 1. The van der Waals surface area contributed by atoms with Gasteiger partial charge < -0.3 is 4.74 Å². The molecule has 0 aromatic carbocycles. The summed E-state index contributed by atoms with van der Waals surface area (Å²) in [5.74, 6) is 0. The van der Waals surface area contributed by atoms with Gasteiger partial charge >= 0.3 is 6.09 Å². The van der Waals surface area contributed by atoms with E-state index in [1.54, 1.807) is 13.0 Å². The Morgan fingerprint density at radius 1 is 1.64 bits per heavy atom. The zero-order valence-electron chi connectivity index (χ0n) is 7.70. The predicted molar refractivity (Wildman–Crippen MR) is 57.1 cm³/mol. The van der Waals surface area contributed by atoms with Crippen LogP contribution in [0, 0.1) is 0 Å². The van der Waals surface area contributed by atoms with E-state index in [4.69, 9.17) is 11.6 Å². The predicted octanol–water partition coefficient (Wildman–Crippen LogP) is 2.48. The molecule has 1 N–H and O–H groups in total. The number of hydrazone groups is 1. The molecule has 1 aromatic heterocycles. The van der Waals surface area contributed by atoms with Crippen LogP contribution in [0.5, 0.6) is 0 Å². The lowest BCUT2D eigenvalue weighted by molar-refractivity contribution is 0.171. The summed E-state index contributed by atoms with van der Waals surface area (Å²) in [5, 5.41) is 3.82. The molecule has 0 saturated heterocycles. The molecule has 1 amide bonds. The van der Waals surface area contributed by atoms with E-state index in [1.165, 1.54) is 18.4 Å². The van der Waals surface area contributed by atoms with Crippen molar-refractivity contribution in [1.82, 2.24) is 5.43 Å². The molecular weight excluding hydrogens is 224 g/mol. The number of carbonyl (C=O) groups is 1. The SMILES string of the molecule is COC(=O)NN=C(C)c1ccc(Cl)s1. The van der Waals surface area contributed by atoms with Gasteiger partial charge in [-0.25, -0.2) is 10.2 Å². The molecule has 6 heteroatoms. The average Bonchev–Trinajstić information content (AvgIpc) is 2.60. The Kier molecular flexibility index (Phi) is 3.91. The van der Waals surface area contributed by atoms with Gasteiger partial charge in [0.1, 0.15) is 0 Å². The first-order chi connectivity index (χ1) is 6.63. The lowest BCUT2D eigenvalue weighted by Crippen LogP contribution is -2.18. The molecule has 4 nitrogen and oxygen atoms in total. The van der Waals surface area contributed by atoms with Crippen molar-refractivity contribution in [2.75, 3.05) is 7.11 Å². The van der Waals surface area contributed by atoms with Crippen LogP contribution < -0.4 is 5.43 Å². The van der Waals surface area contributed by atoms with Gasteiger partial charge in [-0.05, 0) is 19.1 Å². The van der Waals surface area contributed by atoms with Crippen molar-refractivity contribution in [3.8, 4) is 0 Å². The molecular formula is C8H9ClN2O2S. The van der Waals surface area contributed by atoms with Gasteiger partial charge in [-0.2, -0.15) is 5.10 Å².